The third-order valence-corrected chi connectivity index (χ3v) is 3.70. The van der Waals surface area contributed by atoms with Crippen LogP contribution in [0.2, 0.25) is 0 Å². The molecule has 0 aliphatic carbocycles. The van der Waals surface area contributed by atoms with Crippen molar-refractivity contribution >= 4 is 15.9 Å². The normalized spacial score (nSPS) is 18.6. The van der Waals surface area contributed by atoms with Crippen LogP contribution in [-0.2, 0) is 5.41 Å². The van der Waals surface area contributed by atoms with Crippen LogP contribution >= 0.6 is 15.9 Å². The van der Waals surface area contributed by atoms with Crippen LogP contribution < -0.4 is 4.74 Å². The highest BCUT2D eigenvalue weighted by Crippen LogP contribution is 2.25. The van der Waals surface area contributed by atoms with Crippen LogP contribution in [0.1, 0.15) is 39.4 Å². The highest BCUT2D eigenvalue weighted by Gasteiger charge is 2.22. The van der Waals surface area contributed by atoms with Crippen molar-refractivity contribution in [2.24, 2.45) is 0 Å². The SMILES string of the molecule is CN1CCC(Oc2cc(Br)nc(C(C)(C)C)n2)CC1. The minimum atomic E-state index is -0.0747. The summed E-state index contributed by atoms with van der Waals surface area (Å²) in [5.41, 5.74) is -0.0747. The first-order chi connectivity index (χ1) is 8.84. The monoisotopic (exact) mass is 327 g/mol. The predicted octanol–water partition coefficient (Wildman–Crippen LogP) is 3.01. The van der Waals surface area contributed by atoms with E-state index in [-0.39, 0.29) is 11.5 Å². The molecule has 1 aromatic heterocycles. The zero-order chi connectivity index (χ0) is 14.0. The Balaban J connectivity index is 2.10. The van der Waals surface area contributed by atoms with E-state index in [0.717, 1.165) is 36.4 Å². The Labute approximate surface area is 123 Å². The van der Waals surface area contributed by atoms with Gasteiger partial charge in [-0.2, -0.15) is 4.98 Å². The molecule has 0 unspecified atom stereocenters. The summed E-state index contributed by atoms with van der Waals surface area (Å²) in [6.07, 6.45) is 2.39. The lowest BCUT2D eigenvalue weighted by Crippen LogP contribution is -2.35. The molecule has 1 saturated heterocycles. The highest BCUT2D eigenvalue weighted by molar-refractivity contribution is 9.10. The van der Waals surface area contributed by atoms with Crippen molar-refractivity contribution in [2.75, 3.05) is 20.1 Å². The van der Waals surface area contributed by atoms with Crippen molar-refractivity contribution in [2.45, 2.75) is 45.1 Å². The van der Waals surface area contributed by atoms with Gasteiger partial charge < -0.3 is 9.64 Å². The first-order valence-electron chi connectivity index (χ1n) is 6.75. The van der Waals surface area contributed by atoms with Gasteiger partial charge in [0.05, 0.1) is 0 Å². The molecule has 1 aliphatic rings. The number of hydrogen-bond acceptors (Lipinski definition) is 4. The lowest BCUT2D eigenvalue weighted by atomic mass is 9.96. The summed E-state index contributed by atoms with van der Waals surface area (Å²) in [4.78, 5) is 11.3. The van der Waals surface area contributed by atoms with E-state index in [1.54, 1.807) is 0 Å². The van der Waals surface area contributed by atoms with E-state index in [9.17, 15) is 0 Å². The number of ether oxygens (including phenoxy) is 1. The van der Waals surface area contributed by atoms with Gasteiger partial charge in [0.2, 0.25) is 5.88 Å². The molecule has 0 atom stereocenters. The fourth-order valence-corrected chi connectivity index (χ4v) is 2.43. The fourth-order valence-electron chi connectivity index (χ4n) is 2.07. The van der Waals surface area contributed by atoms with Gasteiger partial charge in [0.25, 0.3) is 0 Å². The Morgan fingerprint density at radius 2 is 1.89 bits per heavy atom. The molecule has 19 heavy (non-hydrogen) atoms. The molecule has 2 heterocycles. The van der Waals surface area contributed by atoms with Crippen molar-refractivity contribution < 1.29 is 4.74 Å². The lowest BCUT2D eigenvalue weighted by molar-refractivity contribution is 0.109. The maximum absolute atomic E-state index is 6.01. The average Bonchev–Trinajstić information content (AvgIpc) is 2.30. The van der Waals surface area contributed by atoms with Gasteiger partial charge in [-0.15, -0.1) is 0 Å². The van der Waals surface area contributed by atoms with E-state index in [4.69, 9.17) is 4.74 Å². The highest BCUT2D eigenvalue weighted by atomic mass is 79.9. The fraction of sp³-hybridized carbons (Fsp3) is 0.714. The molecule has 4 nitrogen and oxygen atoms in total. The molecule has 0 spiro atoms. The molecule has 0 N–H and O–H groups in total. The van der Waals surface area contributed by atoms with E-state index < -0.39 is 0 Å². The minimum Gasteiger partial charge on any atom is -0.474 e. The summed E-state index contributed by atoms with van der Waals surface area (Å²) in [6.45, 7) is 8.49. The van der Waals surface area contributed by atoms with Crippen molar-refractivity contribution in [1.82, 2.24) is 14.9 Å². The molecule has 1 fully saturated rings. The summed E-state index contributed by atoms with van der Waals surface area (Å²) >= 11 is 3.44. The van der Waals surface area contributed by atoms with Crippen LogP contribution in [0.4, 0.5) is 0 Å². The molecule has 0 bridgehead atoms. The zero-order valence-corrected chi connectivity index (χ0v) is 13.7. The molecule has 5 heteroatoms. The summed E-state index contributed by atoms with van der Waals surface area (Å²) in [5.74, 6) is 1.49. The standard InChI is InChI=1S/C14H22BrN3O/c1-14(2,3)13-16-11(15)9-12(17-13)19-10-5-7-18(4)8-6-10/h9-10H,5-8H2,1-4H3. The first kappa shape index (κ1) is 14.7. The molecule has 2 rings (SSSR count). The number of aromatic nitrogens is 2. The topological polar surface area (TPSA) is 38.2 Å². The second kappa shape index (κ2) is 5.75. The Bertz CT molecular complexity index is 437. The van der Waals surface area contributed by atoms with Gasteiger partial charge in [0.15, 0.2) is 0 Å². The van der Waals surface area contributed by atoms with Gasteiger partial charge in [-0.05, 0) is 35.8 Å². The third kappa shape index (κ3) is 4.14. The Morgan fingerprint density at radius 3 is 2.47 bits per heavy atom. The second-order valence-corrected chi connectivity index (χ2v) is 7.04. The van der Waals surface area contributed by atoms with Crippen LogP contribution in [0.3, 0.4) is 0 Å². The molecular formula is C14H22BrN3O. The average molecular weight is 328 g/mol. The van der Waals surface area contributed by atoms with Crippen molar-refractivity contribution in [3.05, 3.63) is 16.5 Å². The number of likely N-dealkylation sites (tertiary alicyclic amines) is 1. The summed E-state index contributed by atoms with van der Waals surface area (Å²) in [7, 11) is 2.15. The van der Waals surface area contributed by atoms with Crippen molar-refractivity contribution in [3.63, 3.8) is 0 Å². The van der Waals surface area contributed by atoms with Crippen LogP contribution in [0.15, 0.2) is 10.7 Å². The van der Waals surface area contributed by atoms with Gasteiger partial charge in [-0.25, -0.2) is 4.98 Å². The molecule has 1 aliphatic heterocycles. The Kier molecular flexibility index (Phi) is 4.46. The number of rotatable bonds is 2. The number of nitrogens with zero attached hydrogens (tertiary/aromatic N) is 3. The molecule has 0 saturated carbocycles. The van der Waals surface area contributed by atoms with Crippen LogP contribution in [-0.4, -0.2) is 41.1 Å². The van der Waals surface area contributed by atoms with Gasteiger partial charge in [-0.1, -0.05) is 20.8 Å². The van der Waals surface area contributed by atoms with Crippen LogP contribution in [0.5, 0.6) is 5.88 Å². The largest absolute Gasteiger partial charge is 0.474 e. The van der Waals surface area contributed by atoms with Crippen molar-refractivity contribution in [3.8, 4) is 5.88 Å². The zero-order valence-electron chi connectivity index (χ0n) is 12.1. The Morgan fingerprint density at radius 1 is 1.26 bits per heavy atom. The van der Waals surface area contributed by atoms with Gasteiger partial charge in [0, 0.05) is 24.6 Å². The quantitative estimate of drug-likeness (QED) is 0.782. The van der Waals surface area contributed by atoms with E-state index in [2.05, 4.69) is 58.6 Å². The molecule has 0 aromatic carbocycles. The summed E-state index contributed by atoms with van der Waals surface area (Å²) in [5, 5.41) is 0. The number of halogens is 1. The van der Waals surface area contributed by atoms with E-state index in [1.807, 2.05) is 6.07 Å². The van der Waals surface area contributed by atoms with Crippen LogP contribution in [0, 0.1) is 0 Å². The first-order valence-corrected chi connectivity index (χ1v) is 7.54. The van der Waals surface area contributed by atoms with Crippen molar-refractivity contribution in [1.29, 1.82) is 0 Å². The van der Waals surface area contributed by atoms with Gasteiger partial charge >= 0.3 is 0 Å². The third-order valence-electron chi connectivity index (χ3n) is 3.30. The predicted molar refractivity (Wildman–Crippen MR) is 79.6 cm³/mol. The molecule has 0 radical (unpaired) electrons. The molecule has 106 valence electrons. The maximum atomic E-state index is 6.01. The molecule has 1 aromatic rings. The van der Waals surface area contributed by atoms with E-state index >= 15 is 0 Å². The van der Waals surface area contributed by atoms with Gasteiger partial charge in [-0.3, -0.25) is 0 Å². The van der Waals surface area contributed by atoms with Gasteiger partial charge in [0.1, 0.15) is 16.5 Å². The Hall–Kier alpha value is -0.680. The maximum Gasteiger partial charge on any atom is 0.218 e. The summed E-state index contributed by atoms with van der Waals surface area (Å²) in [6, 6.07) is 1.85. The second-order valence-electron chi connectivity index (χ2n) is 6.22. The lowest BCUT2D eigenvalue weighted by Gasteiger charge is -2.29. The number of hydrogen-bond donors (Lipinski definition) is 0. The summed E-state index contributed by atoms with van der Waals surface area (Å²) < 4.78 is 6.80. The number of piperidine rings is 1. The molecule has 0 amide bonds. The van der Waals surface area contributed by atoms with Crippen LogP contribution in [0.25, 0.3) is 0 Å². The smallest absolute Gasteiger partial charge is 0.218 e. The van der Waals surface area contributed by atoms with E-state index in [1.165, 1.54) is 0 Å². The molecular weight excluding hydrogens is 306 g/mol. The minimum absolute atomic E-state index is 0.0747. The van der Waals surface area contributed by atoms with E-state index in [0.29, 0.717) is 5.88 Å².